The van der Waals surface area contributed by atoms with Crippen molar-refractivity contribution in [2.45, 2.75) is 0 Å². The van der Waals surface area contributed by atoms with Crippen molar-refractivity contribution in [3.05, 3.63) is 54.0 Å². The van der Waals surface area contributed by atoms with Gasteiger partial charge in [-0.15, -0.1) is 11.3 Å². The zero-order chi connectivity index (χ0) is 15.9. The summed E-state index contributed by atoms with van der Waals surface area (Å²) in [6.07, 6.45) is 0. The summed E-state index contributed by atoms with van der Waals surface area (Å²) in [6.45, 7) is 4.37. The lowest BCUT2D eigenvalue weighted by atomic mass is 10.2. The van der Waals surface area contributed by atoms with Gasteiger partial charge in [0.25, 0.3) is 0 Å². The summed E-state index contributed by atoms with van der Waals surface area (Å²) >= 11 is 1.71. The molecule has 4 rings (SSSR count). The number of piperazine rings is 1. The van der Waals surface area contributed by atoms with Crippen molar-refractivity contribution in [3.63, 3.8) is 0 Å². The van der Waals surface area contributed by atoms with Crippen LogP contribution < -0.4 is 15.0 Å². The number of hydrogen-bond donors (Lipinski definition) is 1. The van der Waals surface area contributed by atoms with E-state index < -0.39 is 0 Å². The lowest BCUT2D eigenvalue weighted by molar-refractivity contribution is 0.415. The molecular formula is C18H21N3OS. The Bertz CT molecular complexity index is 723. The number of para-hydroxylation sites is 1. The van der Waals surface area contributed by atoms with Crippen LogP contribution in [0.3, 0.4) is 0 Å². The molecule has 0 amide bonds. The van der Waals surface area contributed by atoms with Crippen LogP contribution in [0.15, 0.2) is 54.0 Å². The van der Waals surface area contributed by atoms with Crippen LogP contribution in [-0.4, -0.2) is 38.3 Å². The standard InChI is InChI=1S/C11H13N3S.C7H8O/c1-2-10-11(15-8-13-10)7-9(1)14-5-3-12-4-6-14;1-8-7-5-3-2-4-6-7/h1-2,7-8,12H,3-6H2;2-6H,1H3. The molecule has 1 aromatic heterocycles. The summed E-state index contributed by atoms with van der Waals surface area (Å²) in [6, 6.07) is 16.2. The van der Waals surface area contributed by atoms with Crippen molar-refractivity contribution < 1.29 is 4.74 Å². The number of methoxy groups -OCH3 is 1. The zero-order valence-corrected chi connectivity index (χ0v) is 14.1. The van der Waals surface area contributed by atoms with E-state index in [1.807, 2.05) is 35.8 Å². The molecule has 0 atom stereocenters. The normalized spacial score (nSPS) is 14.2. The fourth-order valence-electron chi connectivity index (χ4n) is 2.52. The summed E-state index contributed by atoms with van der Waals surface area (Å²) in [5.41, 5.74) is 4.35. The molecule has 2 heterocycles. The minimum atomic E-state index is 0.910. The van der Waals surface area contributed by atoms with Gasteiger partial charge in [-0.2, -0.15) is 0 Å². The number of anilines is 1. The average molecular weight is 327 g/mol. The maximum Gasteiger partial charge on any atom is 0.118 e. The van der Waals surface area contributed by atoms with E-state index in [0.29, 0.717) is 0 Å². The maximum atomic E-state index is 4.91. The van der Waals surface area contributed by atoms with Crippen molar-refractivity contribution >= 4 is 27.2 Å². The van der Waals surface area contributed by atoms with Gasteiger partial charge in [-0.1, -0.05) is 18.2 Å². The largest absolute Gasteiger partial charge is 0.497 e. The van der Waals surface area contributed by atoms with E-state index in [4.69, 9.17) is 4.74 Å². The fourth-order valence-corrected chi connectivity index (χ4v) is 3.23. The fraction of sp³-hybridized carbons (Fsp3) is 0.278. The first-order valence-corrected chi connectivity index (χ1v) is 8.63. The Hall–Kier alpha value is -2.11. The predicted molar refractivity (Wildman–Crippen MR) is 97.7 cm³/mol. The lowest BCUT2D eigenvalue weighted by Crippen LogP contribution is -2.43. The minimum Gasteiger partial charge on any atom is -0.497 e. The summed E-state index contributed by atoms with van der Waals surface area (Å²) in [5.74, 6) is 0.910. The lowest BCUT2D eigenvalue weighted by Gasteiger charge is -2.29. The third-order valence-electron chi connectivity index (χ3n) is 3.78. The second-order valence-corrected chi connectivity index (χ2v) is 6.14. The molecule has 1 N–H and O–H groups in total. The third kappa shape index (κ3) is 4.21. The van der Waals surface area contributed by atoms with E-state index in [9.17, 15) is 0 Å². The molecule has 120 valence electrons. The van der Waals surface area contributed by atoms with E-state index in [1.165, 1.54) is 10.4 Å². The highest BCUT2D eigenvalue weighted by atomic mass is 32.1. The van der Waals surface area contributed by atoms with Crippen LogP contribution in [-0.2, 0) is 0 Å². The van der Waals surface area contributed by atoms with E-state index in [1.54, 1.807) is 18.4 Å². The Morgan fingerprint density at radius 1 is 1.09 bits per heavy atom. The second kappa shape index (κ2) is 7.94. The predicted octanol–water partition coefficient (Wildman–Crippen LogP) is 3.40. The molecule has 0 unspecified atom stereocenters. The Morgan fingerprint density at radius 2 is 1.87 bits per heavy atom. The number of benzene rings is 2. The van der Waals surface area contributed by atoms with Gasteiger partial charge < -0.3 is 15.0 Å². The van der Waals surface area contributed by atoms with Gasteiger partial charge in [0.15, 0.2) is 0 Å². The van der Waals surface area contributed by atoms with Crippen molar-refractivity contribution in [1.82, 2.24) is 10.3 Å². The smallest absolute Gasteiger partial charge is 0.118 e. The molecule has 3 aromatic rings. The van der Waals surface area contributed by atoms with Crippen molar-refractivity contribution in [2.75, 3.05) is 38.2 Å². The first-order chi connectivity index (χ1) is 11.4. The minimum absolute atomic E-state index is 0.910. The summed E-state index contributed by atoms with van der Waals surface area (Å²) in [5, 5.41) is 3.37. The molecule has 2 aromatic carbocycles. The van der Waals surface area contributed by atoms with Crippen LogP contribution >= 0.6 is 11.3 Å². The molecule has 0 saturated carbocycles. The third-order valence-corrected chi connectivity index (χ3v) is 4.57. The quantitative estimate of drug-likeness (QED) is 0.783. The monoisotopic (exact) mass is 327 g/mol. The molecule has 1 aliphatic rings. The van der Waals surface area contributed by atoms with E-state index in [2.05, 4.69) is 33.4 Å². The van der Waals surface area contributed by atoms with Gasteiger partial charge in [-0.05, 0) is 30.3 Å². The Balaban J connectivity index is 0.000000166. The van der Waals surface area contributed by atoms with Gasteiger partial charge >= 0.3 is 0 Å². The van der Waals surface area contributed by atoms with Crippen LogP contribution in [0.4, 0.5) is 5.69 Å². The highest BCUT2D eigenvalue weighted by Crippen LogP contribution is 2.24. The van der Waals surface area contributed by atoms with Gasteiger partial charge in [-0.3, -0.25) is 0 Å². The Labute approximate surface area is 140 Å². The maximum absolute atomic E-state index is 4.91. The molecule has 1 fully saturated rings. The zero-order valence-electron chi connectivity index (χ0n) is 13.2. The highest BCUT2D eigenvalue weighted by Gasteiger charge is 2.10. The van der Waals surface area contributed by atoms with Crippen LogP contribution in [0.1, 0.15) is 0 Å². The molecule has 0 spiro atoms. The van der Waals surface area contributed by atoms with Gasteiger partial charge in [0.1, 0.15) is 5.75 Å². The van der Waals surface area contributed by atoms with Gasteiger partial charge in [0.05, 0.1) is 22.8 Å². The molecule has 0 bridgehead atoms. The molecule has 0 radical (unpaired) electrons. The van der Waals surface area contributed by atoms with Crippen molar-refractivity contribution in [1.29, 1.82) is 0 Å². The SMILES string of the molecule is COc1ccccc1.c1nc2ccc(N3CCNCC3)cc2s1. The van der Waals surface area contributed by atoms with Gasteiger partial charge in [0.2, 0.25) is 0 Å². The number of nitrogens with one attached hydrogen (secondary N) is 1. The van der Waals surface area contributed by atoms with Gasteiger partial charge in [0, 0.05) is 31.9 Å². The van der Waals surface area contributed by atoms with Crippen molar-refractivity contribution in [3.8, 4) is 5.75 Å². The molecule has 1 saturated heterocycles. The number of hydrogen-bond acceptors (Lipinski definition) is 5. The van der Waals surface area contributed by atoms with E-state index in [0.717, 1.165) is 37.4 Å². The van der Waals surface area contributed by atoms with E-state index in [-0.39, 0.29) is 0 Å². The summed E-state index contributed by atoms with van der Waals surface area (Å²) in [4.78, 5) is 6.72. The van der Waals surface area contributed by atoms with Crippen LogP contribution in [0.2, 0.25) is 0 Å². The molecule has 23 heavy (non-hydrogen) atoms. The number of rotatable bonds is 2. The Morgan fingerprint density at radius 3 is 2.57 bits per heavy atom. The first-order valence-electron chi connectivity index (χ1n) is 7.75. The molecular weight excluding hydrogens is 306 g/mol. The summed E-state index contributed by atoms with van der Waals surface area (Å²) in [7, 11) is 1.66. The van der Waals surface area contributed by atoms with Crippen LogP contribution in [0.25, 0.3) is 10.2 Å². The molecule has 4 nitrogen and oxygen atoms in total. The number of aromatic nitrogens is 1. The topological polar surface area (TPSA) is 37.4 Å². The average Bonchev–Trinajstić information content (AvgIpc) is 3.11. The van der Waals surface area contributed by atoms with Crippen molar-refractivity contribution in [2.24, 2.45) is 0 Å². The molecule has 5 heteroatoms. The Kier molecular flexibility index (Phi) is 5.45. The number of ether oxygens (including phenoxy) is 1. The summed E-state index contributed by atoms with van der Waals surface area (Å²) < 4.78 is 6.20. The first kappa shape index (κ1) is 15.8. The van der Waals surface area contributed by atoms with Gasteiger partial charge in [-0.25, -0.2) is 4.98 Å². The van der Waals surface area contributed by atoms with E-state index >= 15 is 0 Å². The second-order valence-electron chi connectivity index (χ2n) is 5.26. The van der Waals surface area contributed by atoms with Crippen LogP contribution in [0, 0.1) is 0 Å². The van der Waals surface area contributed by atoms with Crippen LogP contribution in [0.5, 0.6) is 5.75 Å². The number of thiazole rings is 1. The number of fused-ring (bicyclic) bond motifs is 1. The molecule has 1 aliphatic heterocycles. The highest BCUT2D eigenvalue weighted by molar-refractivity contribution is 7.16. The number of nitrogens with zero attached hydrogens (tertiary/aromatic N) is 2. The molecule has 0 aliphatic carbocycles.